The molecule has 4 nitrogen and oxygen atoms in total. The fraction of sp³-hybridized carbons (Fsp3) is 0.542. The van der Waals surface area contributed by atoms with Gasteiger partial charge >= 0.3 is 6.18 Å². The number of hydrogen-bond acceptors (Lipinski definition) is 2. The molecule has 0 spiro atoms. The lowest BCUT2D eigenvalue weighted by atomic mass is 9.89. The smallest absolute Gasteiger partial charge is 0.376 e. The first-order valence-corrected chi connectivity index (χ1v) is 11.3. The number of amides is 1. The summed E-state index contributed by atoms with van der Waals surface area (Å²) >= 11 is 0. The van der Waals surface area contributed by atoms with E-state index in [4.69, 9.17) is 4.74 Å². The van der Waals surface area contributed by atoms with E-state index in [1.54, 1.807) is 10.8 Å². The molecule has 32 heavy (non-hydrogen) atoms. The van der Waals surface area contributed by atoms with Gasteiger partial charge in [-0.2, -0.15) is 13.2 Å². The van der Waals surface area contributed by atoms with Crippen LogP contribution in [0.25, 0.3) is 11.3 Å². The van der Waals surface area contributed by atoms with E-state index in [1.807, 2.05) is 0 Å². The van der Waals surface area contributed by atoms with Gasteiger partial charge in [0.25, 0.3) is 5.91 Å². The van der Waals surface area contributed by atoms with Crippen LogP contribution in [0.4, 0.5) is 17.6 Å². The van der Waals surface area contributed by atoms with Crippen molar-refractivity contribution in [1.82, 2.24) is 9.88 Å². The SMILES string of the molecule is O=C(NCC1CCCO1)c1cc(-c2cc(C(F)(F)F)ccc2F)n(CC2CCCCC2)c1. The number of alkyl halides is 3. The zero-order valence-electron chi connectivity index (χ0n) is 17.9. The van der Waals surface area contributed by atoms with Crippen molar-refractivity contribution in [3.05, 3.63) is 47.4 Å². The largest absolute Gasteiger partial charge is 0.416 e. The molecule has 1 atom stereocenters. The summed E-state index contributed by atoms with van der Waals surface area (Å²) < 4.78 is 61.7. The van der Waals surface area contributed by atoms with Gasteiger partial charge in [0.05, 0.1) is 22.9 Å². The van der Waals surface area contributed by atoms with Gasteiger partial charge < -0.3 is 14.6 Å². The highest BCUT2D eigenvalue weighted by atomic mass is 19.4. The van der Waals surface area contributed by atoms with Crippen LogP contribution in [0.3, 0.4) is 0 Å². The van der Waals surface area contributed by atoms with Crippen LogP contribution in [0.2, 0.25) is 0 Å². The summed E-state index contributed by atoms with van der Waals surface area (Å²) in [7, 11) is 0. The molecule has 1 unspecified atom stereocenters. The molecule has 4 rings (SSSR count). The van der Waals surface area contributed by atoms with Crippen molar-refractivity contribution >= 4 is 5.91 Å². The van der Waals surface area contributed by atoms with Gasteiger partial charge in [-0.3, -0.25) is 4.79 Å². The minimum absolute atomic E-state index is 0.0244. The monoisotopic (exact) mass is 452 g/mol. The van der Waals surface area contributed by atoms with Gasteiger partial charge in [0, 0.05) is 31.5 Å². The average molecular weight is 452 g/mol. The van der Waals surface area contributed by atoms with Crippen LogP contribution in [0.5, 0.6) is 0 Å². The molecule has 1 amide bonds. The quantitative estimate of drug-likeness (QED) is 0.563. The standard InChI is InChI=1S/C24H28F4N2O2/c25-21-9-8-18(24(26,27)28)12-20(21)22-11-17(23(31)29-13-19-7-4-10-32-19)15-30(22)14-16-5-2-1-3-6-16/h8-9,11-12,15-16,19H,1-7,10,13-14H2,(H,29,31). The Morgan fingerprint density at radius 1 is 1.09 bits per heavy atom. The molecule has 2 aromatic rings. The predicted octanol–water partition coefficient (Wildman–Crippen LogP) is 5.80. The van der Waals surface area contributed by atoms with E-state index >= 15 is 0 Å². The van der Waals surface area contributed by atoms with Crippen molar-refractivity contribution in [3.63, 3.8) is 0 Å². The van der Waals surface area contributed by atoms with E-state index < -0.39 is 17.6 Å². The Kier molecular flexibility index (Phi) is 6.88. The summed E-state index contributed by atoms with van der Waals surface area (Å²) in [5.74, 6) is -0.726. The molecule has 1 saturated carbocycles. The topological polar surface area (TPSA) is 43.3 Å². The molecule has 1 aliphatic heterocycles. The number of nitrogens with one attached hydrogen (secondary N) is 1. The summed E-state index contributed by atoms with van der Waals surface area (Å²) in [6.07, 6.45) is 4.28. The Morgan fingerprint density at radius 3 is 2.56 bits per heavy atom. The molecule has 8 heteroatoms. The van der Waals surface area contributed by atoms with E-state index in [9.17, 15) is 22.4 Å². The molecule has 1 saturated heterocycles. The van der Waals surface area contributed by atoms with Crippen LogP contribution in [-0.4, -0.2) is 29.7 Å². The maximum atomic E-state index is 14.7. The second-order valence-corrected chi connectivity index (χ2v) is 8.81. The molecule has 0 bridgehead atoms. The average Bonchev–Trinajstić information content (AvgIpc) is 3.42. The van der Waals surface area contributed by atoms with E-state index in [-0.39, 0.29) is 17.6 Å². The normalized spacial score (nSPS) is 19.9. The second kappa shape index (κ2) is 9.65. The number of carbonyl (C=O) groups excluding carboxylic acids is 1. The third kappa shape index (κ3) is 5.34. The number of rotatable bonds is 6. The first kappa shape index (κ1) is 22.8. The number of halogens is 4. The van der Waals surface area contributed by atoms with Crippen molar-refractivity contribution in [2.75, 3.05) is 13.2 Å². The minimum Gasteiger partial charge on any atom is -0.376 e. The molecule has 2 aliphatic rings. The van der Waals surface area contributed by atoms with Gasteiger partial charge in [-0.15, -0.1) is 0 Å². The van der Waals surface area contributed by atoms with Gasteiger partial charge in [0.2, 0.25) is 0 Å². The Hall–Kier alpha value is -2.35. The molecule has 2 fully saturated rings. The fourth-order valence-electron chi connectivity index (χ4n) is 4.67. The summed E-state index contributed by atoms with van der Waals surface area (Å²) in [6, 6.07) is 3.90. The summed E-state index contributed by atoms with van der Waals surface area (Å²) in [5, 5.41) is 2.84. The van der Waals surface area contributed by atoms with Crippen LogP contribution in [0, 0.1) is 11.7 Å². The zero-order chi connectivity index (χ0) is 22.7. The lowest BCUT2D eigenvalue weighted by molar-refractivity contribution is -0.137. The van der Waals surface area contributed by atoms with Gasteiger partial charge in [0.1, 0.15) is 5.82 Å². The fourth-order valence-corrected chi connectivity index (χ4v) is 4.67. The molecule has 1 N–H and O–H groups in total. The van der Waals surface area contributed by atoms with Crippen LogP contribution >= 0.6 is 0 Å². The van der Waals surface area contributed by atoms with E-state index in [1.165, 1.54) is 12.5 Å². The first-order chi connectivity index (χ1) is 15.3. The maximum Gasteiger partial charge on any atom is 0.416 e. The molecular formula is C24H28F4N2O2. The molecular weight excluding hydrogens is 424 g/mol. The van der Waals surface area contributed by atoms with Crippen LogP contribution in [0.1, 0.15) is 60.9 Å². The predicted molar refractivity (Wildman–Crippen MR) is 113 cm³/mol. The van der Waals surface area contributed by atoms with Gasteiger partial charge in [-0.05, 0) is 55.9 Å². The summed E-state index contributed by atoms with van der Waals surface area (Å²) in [4.78, 5) is 12.7. The van der Waals surface area contributed by atoms with Gasteiger partial charge in [-0.25, -0.2) is 4.39 Å². The van der Waals surface area contributed by atoms with Crippen molar-refractivity contribution in [2.24, 2.45) is 5.92 Å². The Bertz CT molecular complexity index is 942. The lowest BCUT2D eigenvalue weighted by Gasteiger charge is -2.23. The highest BCUT2D eigenvalue weighted by Gasteiger charge is 2.32. The van der Waals surface area contributed by atoms with Crippen molar-refractivity contribution < 1.29 is 27.1 Å². The number of nitrogens with zero attached hydrogens (tertiary/aromatic N) is 1. The Balaban J connectivity index is 1.64. The van der Waals surface area contributed by atoms with Gasteiger partial charge in [0.15, 0.2) is 0 Å². The number of carbonyl (C=O) groups is 1. The molecule has 1 aliphatic carbocycles. The molecule has 1 aromatic heterocycles. The number of aromatic nitrogens is 1. The van der Waals surface area contributed by atoms with E-state index in [2.05, 4.69) is 5.32 Å². The molecule has 2 heterocycles. The minimum atomic E-state index is -4.58. The van der Waals surface area contributed by atoms with E-state index in [0.717, 1.165) is 56.7 Å². The maximum absolute atomic E-state index is 14.7. The molecule has 0 radical (unpaired) electrons. The molecule has 174 valence electrons. The van der Waals surface area contributed by atoms with Crippen LogP contribution < -0.4 is 5.32 Å². The summed E-state index contributed by atoms with van der Waals surface area (Å²) in [6.45, 7) is 1.60. The van der Waals surface area contributed by atoms with Crippen molar-refractivity contribution in [3.8, 4) is 11.3 Å². The van der Waals surface area contributed by atoms with E-state index in [0.29, 0.717) is 36.9 Å². The van der Waals surface area contributed by atoms with Gasteiger partial charge in [-0.1, -0.05) is 19.3 Å². The number of hydrogen-bond donors (Lipinski definition) is 1. The number of ether oxygens (including phenoxy) is 1. The summed E-state index contributed by atoms with van der Waals surface area (Å²) in [5.41, 5.74) is -0.454. The number of benzene rings is 1. The highest BCUT2D eigenvalue weighted by molar-refractivity contribution is 5.95. The third-order valence-corrected chi connectivity index (χ3v) is 6.42. The van der Waals surface area contributed by atoms with Crippen LogP contribution in [0.15, 0.2) is 30.5 Å². The lowest BCUT2D eigenvalue weighted by Crippen LogP contribution is -2.31. The Labute approximate surface area is 184 Å². The zero-order valence-corrected chi connectivity index (χ0v) is 17.9. The first-order valence-electron chi connectivity index (χ1n) is 11.3. The van der Waals surface area contributed by atoms with Crippen molar-refractivity contribution in [2.45, 2.75) is 63.8 Å². The second-order valence-electron chi connectivity index (χ2n) is 8.81. The van der Waals surface area contributed by atoms with Crippen LogP contribution in [-0.2, 0) is 17.5 Å². The highest BCUT2D eigenvalue weighted by Crippen LogP contribution is 2.35. The Morgan fingerprint density at radius 2 is 1.88 bits per heavy atom. The van der Waals surface area contributed by atoms with Crippen molar-refractivity contribution in [1.29, 1.82) is 0 Å². The third-order valence-electron chi connectivity index (χ3n) is 6.42. The molecule has 1 aromatic carbocycles.